The molecule has 0 atom stereocenters. The Bertz CT molecular complexity index is 523. The number of nitrogens with two attached hydrogens (primary N) is 1. The highest BCUT2D eigenvalue weighted by molar-refractivity contribution is 5.77. The summed E-state index contributed by atoms with van der Waals surface area (Å²) in [4.78, 5) is 0. The molecule has 5 heteroatoms. The van der Waals surface area contributed by atoms with E-state index >= 15 is 0 Å². The number of benzene rings is 1. The molecule has 0 saturated heterocycles. The van der Waals surface area contributed by atoms with Crippen molar-refractivity contribution in [3.8, 4) is 17.0 Å². The maximum Gasteiger partial charge on any atom is 0.128 e. The second-order valence-electron chi connectivity index (χ2n) is 3.82. The van der Waals surface area contributed by atoms with Gasteiger partial charge in [-0.3, -0.25) is 4.68 Å². The van der Waals surface area contributed by atoms with Crippen molar-refractivity contribution in [1.82, 2.24) is 9.78 Å². The smallest absolute Gasteiger partial charge is 0.128 e. The van der Waals surface area contributed by atoms with E-state index in [9.17, 15) is 0 Å². The van der Waals surface area contributed by atoms with Crippen LogP contribution in [-0.2, 0) is 6.54 Å². The second-order valence-corrected chi connectivity index (χ2v) is 3.82. The summed E-state index contributed by atoms with van der Waals surface area (Å²) < 4.78 is 7.28. The van der Waals surface area contributed by atoms with Crippen molar-refractivity contribution in [3.63, 3.8) is 0 Å². The first-order chi connectivity index (χ1) is 8.77. The number of para-hydroxylation sites is 1. The van der Waals surface area contributed by atoms with E-state index in [2.05, 4.69) is 5.10 Å². The van der Waals surface area contributed by atoms with Crippen molar-refractivity contribution in [3.05, 3.63) is 30.5 Å². The lowest BCUT2D eigenvalue weighted by Crippen LogP contribution is -2.07. The first kappa shape index (κ1) is 12.4. The van der Waals surface area contributed by atoms with Crippen LogP contribution in [0.25, 0.3) is 11.3 Å². The number of rotatable bonds is 5. The zero-order valence-electron chi connectivity index (χ0n) is 10.3. The predicted octanol–water partition coefficient (Wildman–Crippen LogP) is 1.52. The van der Waals surface area contributed by atoms with E-state index in [-0.39, 0.29) is 6.61 Å². The largest absolute Gasteiger partial charge is 0.493 e. The lowest BCUT2D eigenvalue weighted by Gasteiger charge is -2.12. The van der Waals surface area contributed by atoms with Crippen LogP contribution in [0.4, 0.5) is 5.69 Å². The number of aliphatic hydroxyl groups excluding tert-OH is 1. The Kier molecular flexibility index (Phi) is 3.84. The number of hydrogen-bond donors (Lipinski definition) is 2. The topological polar surface area (TPSA) is 73.3 Å². The van der Waals surface area contributed by atoms with E-state index in [1.165, 1.54) is 0 Å². The molecule has 0 aliphatic rings. The summed E-state index contributed by atoms with van der Waals surface area (Å²) in [5.74, 6) is 0.770. The average Bonchev–Trinajstić information content (AvgIpc) is 2.73. The minimum atomic E-state index is 0.0188. The van der Waals surface area contributed by atoms with E-state index in [0.29, 0.717) is 18.8 Å². The van der Waals surface area contributed by atoms with E-state index in [1.54, 1.807) is 10.9 Å². The lowest BCUT2D eigenvalue weighted by molar-refractivity contribution is 0.270. The molecule has 0 fully saturated rings. The Morgan fingerprint density at radius 2 is 2.17 bits per heavy atom. The molecule has 1 aromatic carbocycles. The molecule has 1 aromatic heterocycles. The van der Waals surface area contributed by atoms with Gasteiger partial charge in [-0.1, -0.05) is 12.1 Å². The van der Waals surface area contributed by atoms with Crippen molar-refractivity contribution in [2.75, 3.05) is 18.9 Å². The molecule has 0 unspecified atom stereocenters. The number of aliphatic hydroxyl groups is 1. The van der Waals surface area contributed by atoms with Crippen molar-refractivity contribution < 1.29 is 9.84 Å². The molecule has 0 amide bonds. The van der Waals surface area contributed by atoms with Crippen molar-refractivity contribution >= 4 is 5.69 Å². The summed E-state index contributed by atoms with van der Waals surface area (Å²) >= 11 is 0. The number of anilines is 1. The quantitative estimate of drug-likeness (QED) is 0.840. The van der Waals surface area contributed by atoms with E-state index in [4.69, 9.17) is 15.6 Å². The number of nitrogen functional groups attached to an aromatic ring is 1. The highest BCUT2D eigenvalue weighted by atomic mass is 16.5. The Morgan fingerprint density at radius 1 is 1.39 bits per heavy atom. The molecular weight excluding hydrogens is 230 g/mol. The number of nitrogens with zero attached hydrogens (tertiary/aromatic N) is 2. The first-order valence-electron chi connectivity index (χ1n) is 5.92. The Hall–Kier alpha value is -2.01. The van der Waals surface area contributed by atoms with Crippen molar-refractivity contribution in [2.24, 2.45) is 0 Å². The van der Waals surface area contributed by atoms with E-state index < -0.39 is 0 Å². The molecule has 3 N–H and O–H groups in total. The van der Waals surface area contributed by atoms with Gasteiger partial charge in [0.05, 0.1) is 37.3 Å². The maximum atomic E-state index is 9.04. The van der Waals surface area contributed by atoms with Gasteiger partial charge >= 0.3 is 0 Å². The van der Waals surface area contributed by atoms with Crippen LogP contribution in [0.1, 0.15) is 6.92 Å². The van der Waals surface area contributed by atoms with Crippen LogP contribution in [0, 0.1) is 0 Å². The summed E-state index contributed by atoms with van der Waals surface area (Å²) in [7, 11) is 0. The van der Waals surface area contributed by atoms with E-state index in [0.717, 1.165) is 17.0 Å². The average molecular weight is 247 g/mol. The molecule has 96 valence electrons. The van der Waals surface area contributed by atoms with Crippen LogP contribution in [0.2, 0.25) is 0 Å². The first-order valence-corrected chi connectivity index (χ1v) is 5.92. The maximum absolute atomic E-state index is 9.04. The highest BCUT2D eigenvalue weighted by Gasteiger charge is 2.14. The summed E-state index contributed by atoms with van der Waals surface area (Å²) in [6.07, 6.45) is 1.59. The summed E-state index contributed by atoms with van der Waals surface area (Å²) in [6.45, 7) is 2.95. The molecule has 1 heterocycles. The zero-order chi connectivity index (χ0) is 13.0. The van der Waals surface area contributed by atoms with Gasteiger partial charge in [0, 0.05) is 5.56 Å². The fraction of sp³-hybridized carbons (Fsp3) is 0.308. The van der Waals surface area contributed by atoms with Gasteiger partial charge < -0.3 is 15.6 Å². The summed E-state index contributed by atoms with van der Waals surface area (Å²) in [5, 5.41) is 13.2. The van der Waals surface area contributed by atoms with Gasteiger partial charge in [-0.15, -0.1) is 0 Å². The van der Waals surface area contributed by atoms with Crippen LogP contribution < -0.4 is 10.5 Å². The van der Waals surface area contributed by atoms with Gasteiger partial charge in [-0.05, 0) is 19.1 Å². The van der Waals surface area contributed by atoms with Crippen LogP contribution in [0.3, 0.4) is 0 Å². The molecule has 2 aromatic rings. The van der Waals surface area contributed by atoms with Crippen molar-refractivity contribution in [1.29, 1.82) is 0 Å². The summed E-state index contributed by atoms with van der Waals surface area (Å²) in [6, 6.07) is 7.67. The van der Waals surface area contributed by atoms with Gasteiger partial charge in [-0.2, -0.15) is 5.10 Å². The SMILES string of the molecule is CCOc1ccccc1-c1c(N)cnn1CCO. The molecule has 0 bridgehead atoms. The molecule has 0 aliphatic carbocycles. The fourth-order valence-corrected chi connectivity index (χ4v) is 1.90. The van der Waals surface area contributed by atoms with Gasteiger partial charge in [0.2, 0.25) is 0 Å². The third-order valence-electron chi connectivity index (χ3n) is 2.62. The minimum absolute atomic E-state index is 0.0188. The van der Waals surface area contributed by atoms with E-state index in [1.807, 2.05) is 31.2 Å². The molecule has 0 saturated carbocycles. The molecule has 0 spiro atoms. The molecular formula is C13H17N3O2. The molecule has 18 heavy (non-hydrogen) atoms. The third-order valence-corrected chi connectivity index (χ3v) is 2.62. The molecule has 2 rings (SSSR count). The summed E-state index contributed by atoms with van der Waals surface area (Å²) in [5.41, 5.74) is 8.20. The highest BCUT2D eigenvalue weighted by Crippen LogP contribution is 2.33. The third kappa shape index (κ3) is 2.31. The van der Waals surface area contributed by atoms with Gasteiger partial charge in [-0.25, -0.2) is 0 Å². The number of aromatic nitrogens is 2. The van der Waals surface area contributed by atoms with Crippen molar-refractivity contribution in [2.45, 2.75) is 13.5 Å². The molecule has 5 nitrogen and oxygen atoms in total. The van der Waals surface area contributed by atoms with Crippen LogP contribution in [0.5, 0.6) is 5.75 Å². The Labute approximate surface area is 106 Å². The number of ether oxygens (including phenoxy) is 1. The molecule has 0 aliphatic heterocycles. The monoisotopic (exact) mass is 247 g/mol. The normalized spacial score (nSPS) is 10.6. The predicted molar refractivity (Wildman–Crippen MR) is 70.3 cm³/mol. The van der Waals surface area contributed by atoms with Gasteiger partial charge in [0.25, 0.3) is 0 Å². The molecule has 0 radical (unpaired) electrons. The standard InChI is InChI=1S/C13H17N3O2/c1-2-18-12-6-4-3-5-10(12)13-11(14)9-15-16(13)7-8-17/h3-6,9,17H,2,7-8,14H2,1H3. The van der Waals surface area contributed by atoms with Crippen LogP contribution in [0.15, 0.2) is 30.5 Å². The zero-order valence-corrected chi connectivity index (χ0v) is 10.3. The van der Waals surface area contributed by atoms with Crippen LogP contribution >= 0.6 is 0 Å². The van der Waals surface area contributed by atoms with Gasteiger partial charge in [0.1, 0.15) is 5.75 Å². The second kappa shape index (κ2) is 5.55. The fourth-order valence-electron chi connectivity index (χ4n) is 1.90. The Balaban J connectivity index is 2.50. The van der Waals surface area contributed by atoms with Crippen LogP contribution in [-0.4, -0.2) is 28.1 Å². The Morgan fingerprint density at radius 3 is 2.89 bits per heavy atom. The van der Waals surface area contributed by atoms with Gasteiger partial charge in [0.15, 0.2) is 0 Å². The number of hydrogen-bond acceptors (Lipinski definition) is 4. The lowest BCUT2D eigenvalue weighted by atomic mass is 10.1. The minimum Gasteiger partial charge on any atom is -0.493 e.